The molecule has 1 aliphatic heterocycles. The number of thiol groups is 1. The van der Waals surface area contributed by atoms with Crippen LogP contribution in [0.15, 0.2) is 41.3 Å². The zero-order chi connectivity index (χ0) is 21.2. The summed E-state index contributed by atoms with van der Waals surface area (Å²) in [5.74, 6) is 1.55. The van der Waals surface area contributed by atoms with E-state index >= 15 is 0 Å². The third-order valence-electron chi connectivity index (χ3n) is 5.14. The van der Waals surface area contributed by atoms with Gasteiger partial charge in [-0.3, -0.25) is 0 Å². The smallest absolute Gasteiger partial charge is 0.132 e. The number of hydrogen-bond donors (Lipinski definition) is 3. The topological polar surface area (TPSA) is 73.7 Å². The molecule has 7 heteroatoms. The van der Waals surface area contributed by atoms with Crippen molar-refractivity contribution in [1.82, 2.24) is 4.90 Å². The summed E-state index contributed by atoms with van der Waals surface area (Å²) in [5, 5.41) is 0. The number of halogens is 1. The van der Waals surface area contributed by atoms with Crippen LogP contribution >= 0.6 is 12.6 Å². The first-order chi connectivity index (χ1) is 14.0. The number of likely N-dealkylation sites (tertiary alicyclic amines) is 1. The Balaban J connectivity index is 0.000000234. The summed E-state index contributed by atoms with van der Waals surface area (Å²) >= 11 is 4.11. The summed E-state index contributed by atoms with van der Waals surface area (Å²) in [6.07, 6.45) is 2.52. The number of hydrogen-bond acceptors (Lipinski definition) is 6. The van der Waals surface area contributed by atoms with Crippen molar-refractivity contribution in [3.8, 4) is 22.6 Å². The second-order valence-corrected chi connectivity index (χ2v) is 7.53. The highest BCUT2D eigenvalue weighted by Crippen LogP contribution is 2.39. The highest BCUT2D eigenvalue weighted by molar-refractivity contribution is 7.80. The quantitative estimate of drug-likeness (QED) is 0.624. The van der Waals surface area contributed by atoms with E-state index in [4.69, 9.17) is 20.9 Å². The van der Waals surface area contributed by atoms with Crippen LogP contribution in [0.25, 0.3) is 11.1 Å². The minimum absolute atomic E-state index is 0.356. The van der Waals surface area contributed by atoms with Crippen molar-refractivity contribution in [3.05, 3.63) is 42.2 Å². The molecule has 2 aromatic carbocycles. The van der Waals surface area contributed by atoms with Gasteiger partial charge in [0.25, 0.3) is 0 Å². The molecular formula is C22H32FN3O2S. The number of rotatable bonds is 6. The molecule has 1 heterocycles. The van der Waals surface area contributed by atoms with E-state index in [-0.39, 0.29) is 5.82 Å². The van der Waals surface area contributed by atoms with Gasteiger partial charge in [0.15, 0.2) is 0 Å². The van der Waals surface area contributed by atoms with Crippen molar-refractivity contribution in [2.75, 3.05) is 46.9 Å². The van der Waals surface area contributed by atoms with Crippen LogP contribution in [-0.4, -0.2) is 51.8 Å². The molecule has 1 aliphatic rings. The summed E-state index contributed by atoms with van der Waals surface area (Å²) in [7, 11) is 3.09. The van der Waals surface area contributed by atoms with Crippen molar-refractivity contribution in [3.63, 3.8) is 0 Å². The molecular weight excluding hydrogens is 389 g/mol. The number of ether oxygens (including phenoxy) is 2. The third kappa shape index (κ3) is 6.60. The Hall–Kier alpha value is -1.80. The van der Waals surface area contributed by atoms with Crippen LogP contribution < -0.4 is 20.9 Å². The van der Waals surface area contributed by atoms with E-state index in [1.807, 2.05) is 0 Å². The van der Waals surface area contributed by atoms with E-state index < -0.39 is 0 Å². The number of nitrogens with zero attached hydrogens (tertiary/aromatic N) is 1. The zero-order valence-electron chi connectivity index (χ0n) is 17.2. The first kappa shape index (κ1) is 23.5. The van der Waals surface area contributed by atoms with Gasteiger partial charge >= 0.3 is 0 Å². The maximum absolute atomic E-state index is 14.0. The fourth-order valence-electron chi connectivity index (χ4n) is 3.45. The number of nitrogens with two attached hydrogens (primary N) is 2. The van der Waals surface area contributed by atoms with Crippen LogP contribution in [0.4, 0.5) is 4.39 Å². The van der Waals surface area contributed by atoms with Crippen molar-refractivity contribution < 1.29 is 13.9 Å². The van der Waals surface area contributed by atoms with Gasteiger partial charge in [0.05, 0.1) is 19.8 Å². The van der Waals surface area contributed by atoms with Gasteiger partial charge in [0, 0.05) is 23.5 Å². The monoisotopic (exact) mass is 421 g/mol. The van der Waals surface area contributed by atoms with Gasteiger partial charge in [-0.15, -0.1) is 12.6 Å². The van der Waals surface area contributed by atoms with Crippen molar-refractivity contribution in [2.24, 2.45) is 17.4 Å². The average Bonchev–Trinajstić information content (AvgIpc) is 2.74. The molecule has 0 aliphatic carbocycles. The van der Waals surface area contributed by atoms with Gasteiger partial charge in [0.2, 0.25) is 0 Å². The molecule has 4 N–H and O–H groups in total. The van der Waals surface area contributed by atoms with Crippen molar-refractivity contribution in [2.45, 2.75) is 17.7 Å². The largest absolute Gasteiger partial charge is 0.496 e. The number of piperidine rings is 1. The lowest BCUT2D eigenvalue weighted by molar-refractivity contribution is 0.192. The van der Waals surface area contributed by atoms with Gasteiger partial charge in [-0.05, 0) is 62.7 Å². The van der Waals surface area contributed by atoms with Crippen LogP contribution in [-0.2, 0) is 0 Å². The summed E-state index contributed by atoms with van der Waals surface area (Å²) in [6, 6.07) is 10.1. The molecule has 0 bridgehead atoms. The predicted molar refractivity (Wildman–Crippen MR) is 119 cm³/mol. The molecule has 0 aromatic heterocycles. The van der Waals surface area contributed by atoms with E-state index in [1.54, 1.807) is 44.6 Å². The van der Waals surface area contributed by atoms with Crippen molar-refractivity contribution in [1.29, 1.82) is 0 Å². The van der Waals surface area contributed by atoms with E-state index in [9.17, 15) is 4.39 Å². The van der Waals surface area contributed by atoms with Crippen LogP contribution in [0.1, 0.15) is 12.8 Å². The molecule has 0 unspecified atom stereocenters. The van der Waals surface area contributed by atoms with E-state index in [0.29, 0.717) is 27.5 Å². The summed E-state index contributed by atoms with van der Waals surface area (Å²) in [4.78, 5) is 3.00. The Morgan fingerprint density at radius 1 is 1.07 bits per heavy atom. The number of methoxy groups -OCH3 is 2. The van der Waals surface area contributed by atoms with E-state index in [2.05, 4.69) is 17.5 Å². The normalized spacial score (nSPS) is 14.8. The standard InChI is InChI=1S/C14H13FO2S.C8H19N3/c1-16-12-4-3-5-13(17-2)14(12)10-7-6-9(18)8-11(10)15;9-3-6-11-4-1-8(7-10)2-5-11/h3-8,18H,1-2H3;8H,1-7,9-10H2. The Morgan fingerprint density at radius 3 is 2.17 bits per heavy atom. The highest BCUT2D eigenvalue weighted by Gasteiger charge is 2.17. The van der Waals surface area contributed by atoms with Gasteiger partial charge in [-0.2, -0.15) is 0 Å². The molecule has 29 heavy (non-hydrogen) atoms. The molecule has 1 fully saturated rings. The molecule has 0 spiro atoms. The van der Waals surface area contributed by atoms with Crippen LogP contribution in [0.5, 0.6) is 11.5 Å². The lowest BCUT2D eigenvalue weighted by atomic mass is 9.97. The van der Waals surface area contributed by atoms with Crippen LogP contribution in [0, 0.1) is 11.7 Å². The summed E-state index contributed by atoms with van der Waals surface area (Å²) in [5.41, 5.74) is 12.1. The van der Waals surface area contributed by atoms with Gasteiger partial charge < -0.3 is 25.8 Å². The third-order valence-corrected chi connectivity index (χ3v) is 5.41. The molecule has 2 aromatic rings. The van der Waals surface area contributed by atoms with E-state index in [1.165, 1.54) is 32.0 Å². The lowest BCUT2D eigenvalue weighted by Gasteiger charge is -2.30. The molecule has 160 valence electrons. The fraction of sp³-hybridized carbons (Fsp3) is 0.455. The average molecular weight is 422 g/mol. The predicted octanol–water partition coefficient (Wildman–Crippen LogP) is 3.41. The molecule has 0 radical (unpaired) electrons. The van der Waals surface area contributed by atoms with E-state index in [0.717, 1.165) is 25.6 Å². The van der Waals surface area contributed by atoms with Gasteiger partial charge in [0.1, 0.15) is 17.3 Å². The van der Waals surface area contributed by atoms with Crippen LogP contribution in [0.2, 0.25) is 0 Å². The molecule has 0 atom stereocenters. The summed E-state index contributed by atoms with van der Waals surface area (Å²) < 4.78 is 24.5. The molecule has 3 rings (SSSR count). The lowest BCUT2D eigenvalue weighted by Crippen LogP contribution is -2.38. The second-order valence-electron chi connectivity index (χ2n) is 7.01. The van der Waals surface area contributed by atoms with Gasteiger partial charge in [-0.1, -0.05) is 12.1 Å². The summed E-state index contributed by atoms with van der Waals surface area (Å²) in [6.45, 7) is 5.08. The molecule has 5 nitrogen and oxygen atoms in total. The van der Waals surface area contributed by atoms with Crippen LogP contribution in [0.3, 0.4) is 0 Å². The van der Waals surface area contributed by atoms with Crippen molar-refractivity contribution >= 4 is 12.6 Å². The first-order valence-electron chi connectivity index (χ1n) is 9.86. The maximum atomic E-state index is 14.0. The Kier molecular flexibility index (Phi) is 9.73. The first-order valence-corrected chi connectivity index (χ1v) is 10.3. The minimum Gasteiger partial charge on any atom is -0.496 e. The number of benzene rings is 2. The molecule has 1 saturated heterocycles. The second kappa shape index (κ2) is 12.0. The Morgan fingerprint density at radius 2 is 1.69 bits per heavy atom. The molecule has 0 amide bonds. The maximum Gasteiger partial charge on any atom is 0.132 e. The highest BCUT2D eigenvalue weighted by atomic mass is 32.1. The fourth-order valence-corrected chi connectivity index (χ4v) is 3.64. The Labute approximate surface area is 178 Å². The minimum atomic E-state index is -0.356. The zero-order valence-corrected chi connectivity index (χ0v) is 18.1. The SMILES string of the molecule is COc1cccc(OC)c1-c1ccc(S)cc1F.NCCN1CCC(CN)CC1. The van der Waals surface area contributed by atoms with Gasteiger partial charge in [-0.25, -0.2) is 4.39 Å². The molecule has 0 saturated carbocycles. The Bertz CT molecular complexity index is 745.